The van der Waals surface area contributed by atoms with Gasteiger partial charge in [-0.15, -0.1) is 0 Å². The van der Waals surface area contributed by atoms with Gasteiger partial charge in [-0.25, -0.2) is 0 Å². The summed E-state index contributed by atoms with van der Waals surface area (Å²) in [7, 11) is 0. The van der Waals surface area contributed by atoms with Gasteiger partial charge in [-0.2, -0.15) is 0 Å². The maximum absolute atomic E-state index is 3.52. The number of anilines is 2. The zero-order valence-electron chi connectivity index (χ0n) is 25.2. The van der Waals surface area contributed by atoms with Crippen molar-refractivity contribution in [1.82, 2.24) is 4.57 Å². The first-order chi connectivity index (χ1) is 22.8. The molecule has 0 saturated heterocycles. The number of benzene rings is 8. The highest BCUT2D eigenvalue weighted by atomic mass is 15.0. The summed E-state index contributed by atoms with van der Waals surface area (Å²) in [6.45, 7) is 0. The van der Waals surface area contributed by atoms with Gasteiger partial charge in [-0.1, -0.05) is 115 Å². The average Bonchev–Trinajstić information content (AvgIpc) is 3.45. The molecule has 0 saturated carbocycles. The second-order valence-corrected chi connectivity index (χ2v) is 11.9. The molecule has 2 nitrogen and oxygen atoms in total. The zero-order valence-corrected chi connectivity index (χ0v) is 25.2. The molecule has 46 heavy (non-hydrogen) atoms. The fourth-order valence-corrected chi connectivity index (χ4v) is 6.97. The molecule has 0 radical (unpaired) electrons. The van der Waals surface area contributed by atoms with Crippen molar-refractivity contribution in [3.63, 3.8) is 0 Å². The lowest BCUT2D eigenvalue weighted by Gasteiger charge is -2.12. The van der Waals surface area contributed by atoms with Crippen molar-refractivity contribution < 1.29 is 0 Å². The minimum Gasteiger partial charge on any atom is -0.356 e. The number of nitrogens with zero attached hydrogens (tertiary/aromatic N) is 1. The van der Waals surface area contributed by atoms with E-state index in [9.17, 15) is 0 Å². The summed E-state index contributed by atoms with van der Waals surface area (Å²) in [5, 5.41) is 11.1. The minimum absolute atomic E-state index is 1.06. The van der Waals surface area contributed by atoms with E-state index >= 15 is 0 Å². The Morgan fingerprint density at radius 2 is 0.826 bits per heavy atom. The van der Waals surface area contributed by atoms with Crippen LogP contribution in [0.2, 0.25) is 0 Å². The van der Waals surface area contributed by atoms with Crippen LogP contribution in [0.15, 0.2) is 176 Å². The summed E-state index contributed by atoms with van der Waals surface area (Å²) in [5.74, 6) is 0. The van der Waals surface area contributed by atoms with Crippen LogP contribution in [-0.4, -0.2) is 4.57 Å². The molecule has 1 aromatic heterocycles. The maximum atomic E-state index is 3.52. The number of hydrogen-bond acceptors (Lipinski definition) is 1. The van der Waals surface area contributed by atoms with Gasteiger partial charge in [0.1, 0.15) is 0 Å². The Morgan fingerprint density at radius 3 is 1.39 bits per heavy atom. The van der Waals surface area contributed by atoms with Crippen molar-refractivity contribution in [2.24, 2.45) is 0 Å². The SMILES string of the molecule is c1ccc(Nc2ccc(-n3c4ccc(-c5cccc6ccccc56)cc4c4cc(-c5cccc6ccccc56)ccc43)cc2)cc1. The van der Waals surface area contributed by atoms with E-state index in [1.165, 1.54) is 65.6 Å². The quantitative estimate of drug-likeness (QED) is 0.212. The van der Waals surface area contributed by atoms with Crippen LogP contribution < -0.4 is 5.32 Å². The summed E-state index contributed by atoms with van der Waals surface area (Å²) < 4.78 is 2.40. The molecule has 9 rings (SSSR count). The predicted octanol–water partition coefficient (Wildman–Crippen LogP) is 12.2. The van der Waals surface area contributed by atoms with Crippen molar-refractivity contribution in [2.75, 3.05) is 5.32 Å². The molecule has 0 unspecified atom stereocenters. The third kappa shape index (κ3) is 4.43. The van der Waals surface area contributed by atoms with Crippen molar-refractivity contribution in [3.05, 3.63) is 176 Å². The molecule has 0 amide bonds. The fraction of sp³-hybridized carbons (Fsp3) is 0. The summed E-state index contributed by atoms with van der Waals surface area (Å²) in [6, 6.07) is 63.4. The smallest absolute Gasteiger partial charge is 0.0541 e. The molecule has 1 N–H and O–H groups in total. The number of hydrogen-bond donors (Lipinski definition) is 1. The summed E-state index contributed by atoms with van der Waals surface area (Å²) in [5.41, 5.74) is 10.6. The molecule has 216 valence electrons. The summed E-state index contributed by atoms with van der Waals surface area (Å²) in [4.78, 5) is 0. The van der Waals surface area contributed by atoms with Gasteiger partial charge in [0.2, 0.25) is 0 Å². The molecule has 0 aliphatic heterocycles. The largest absolute Gasteiger partial charge is 0.356 e. The van der Waals surface area contributed by atoms with Crippen LogP contribution in [0.3, 0.4) is 0 Å². The number of fused-ring (bicyclic) bond motifs is 5. The van der Waals surface area contributed by atoms with E-state index in [0.717, 1.165) is 17.1 Å². The van der Waals surface area contributed by atoms with E-state index in [-0.39, 0.29) is 0 Å². The van der Waals surface area contributed by atoms with E-state index < -0.39 is 0 Å². The molecule has 1 heterocycles. The van der Waals surface area contributed by atoms with E-state index in [1.54, 1.807) is 0 Å². The Hall–Kier alpha value is -6.12. The normalized spacial score (nSPS) is 11.5. The Labute approximate surface area is 267 Å². The lowest BCUT2D eigenvalue weighted by Crippen LogP contribution is -1.95. The number of aromatic nitrogens is 1. The zero-order chi connectivity index (χ0) is 30.5. The molecular formula is C44H30N2. The van der Waals surface area contributed by atoms with Crippen LogP contribution in [0.4, 0.5) is 11.4 Å². The Bertz CT molecular complexity index is 2390. The summed E-state index contributed by atoms with van der Waals surface area (Å²) >= 11 is 0. The Morgan fingerprint density at radius 1 is 0.348 bits per heavy atom. The molecule has 0 atom stereocenters. The van der Waals surface area contributed by atoms with Gasteiger partial charge in [0.25, 0.3) is 0 Å². The molecular weight excluding hydrogens is 556 g/mol. The first-order valence-corrected chi connectivity index (χ1v) is 15.8. The first-order valence-electron chi connectivity index (χ1n) is 15.8. The highest BCUT2D eigenvalue weighted by Gasteiger charge is 2.16. The minimum atomic E-state index is 1.06. The second-order valence-electron chi connectivity index (χ2n) is 11.9. The molecule has 0 aliphatic rings. The summed E-state index contributed by atoms with van der Waals surface area (Å²) in [6.07, 6.45) is 0. The van der Waals surface area contributed by atoms with Gasteiger partial charge in [0.05, 0.1) is 11.0 Å². The van der Waals surface area contributed by atoms with Gasteiger partial charge in [-0.3, -0.25) is 0 Å². The third-order valence-electron chi connectivity index (χ3n) is 9.15. The monoisotopic (exact) mass is 586 g/mol. The molecule has 2 heteroatoms. The lowest BCUT2D eigenvalue weighted by molar-refractivity contribution is 1.18. The number of rotatable bonds is 5. The first kappa shape index (κ1) is 26.3. The van der Waals surface area contributed by atoms with Crippen LogP contribution >= 0.6 is 0 Å². The third-order valence-corrected chi connectivity index (χ3v) is 9.15. The van der Waals surface area contributed by atoms with Gasteiger partial charge < -0.3 is 9.88 Å². The van der Waals surface area contributed by atoms with Crippen molar-refractivity contribution in [2.45, 2.75) is 0 Å². The van der Waals surface area contributed by atoms with E-state index in [1.807, 2.05) is 18.2 Å². The average molecular weight is 587 g/mol. The van der Waals surface area contributed by atoms with Crippen molar-refractivity contribution >= 4 is 54.7 Å². The van der Waals surface area contributed by atoms with E-state index in [2.05, 4.69) is 168 Å². The number of para-hydroxylation sites is 1. The fourth-order valence-electron chi connectivity index (χ4n) is 6.97. The van der Waals surface area contributed by atoms with Crippen LogP contribution in [0.5, 0.6) is 0 Å². The van der Waals surface area contributed by atoms with E-state index in [0.29, 0.717) is 0 Å². The second kappa shape index (κ2) is 10.8. The molecule has 0 spiro atoms. The molecule has 9 aromatic rings. The highest BCUT2D eigenvalue weighted by Crippen LogP contribution is 2.39. The Kier molecular flexibility index (Phi) is 6.17. The molecule has 8 aromatic carbocycles. The molecule has 0 fully saturated rings. The standard InChI is InChI=1S/C44H30N2/c1-2-14-34(15-3-1)45-35-22-24-36(25-23-35)46-43-26-20-32(39-18-8-12-30-10-4-6-16-37(30)39)28-41(43)42-29-33(21-27-44(42)46)40-19-9-13-31-11-5-7-17-38(31)40/h1-29,45H. The topological polar surface area (TPSA) is 17.0 Å². The van der Waals surface area contributed by atoms with Crippen LogP contribution in [0.25, 0.3) is 71.3 Å². The Balaban J connectivity index is 1.25. The maximum Gasteiger partial charge on any atom is 0.0541 e. The van der Waals surface area contributed by atoms with Crippen molar-refractivity contribution in [3.8, 4) is 27.9 Å². The highest BCUT2D eigenvalue weighted by molar-refractivity contribution is 6.13. The van der Waals surface area contributed by atoms with Gasteiger partial charge in [-0.05, 0) is 104 Å². The van der Waals surface area contributed by atoms with Crippen LogP contribution in [0, 0.1) is 0 Å². The van der Waals surface area contributed by atoms with E-state index in [4.69, 9.17) is 0 Å². The molecule has 0 aliphatic carbocycles. The van der Waals surface area contributed by atoms with Crippen molar-refractivity contribution in [1.29, 1.82) is 0 Å². The molecule has 0 bridgehead atoms. The van der Waals surface area contributed by atoms with Crippen LogP contribution in [-0.2, 0) is 0 Å². The van der Waals surface area contributed by atoms with Crippen LogP contribution in [0.1, 0.15) is 0 Å². The number of nitrogens with one attached hydrogen (secondary N) is 1. The predicted molar refractivity (Wildman–Crippen MR) is 196 cm³/mol. The van der Waals surface area contributed by atoms with Gasteiger partial charge >= 0.3 is 0 Å². The van der Waals surface area contributed by atoms with Gasteiger partial charge in [0, 0.05) is 27.8 Å². The van der Waals surface area contributed by atoms with Gasteiger partial charge in [0.15, 0.2) is 0 Å². The lowest BCUT2D eigenvalue weighted by atomic mass is 9.95.